The van der Waals surface area contributed by atoms with Gasteiger partial charge in [-0.2, -0.15) is 0 Å². The first kappa shape index (κ1) is 31.3. The molecule has 0 radical (unpaired) electrons. The van der Waals surface area contributed by atoms with Crippen molar-refractivity contribution in [2.24, 2.45) is 17.8 Å². The van der Waals surface area contributed by atoms with Gasteiger partial charge in [-0.05, 0) is 56.3 Å². The summed E-state index contributed by atoms with van der Waals surface area (Å²) in [6.07, 6.45) is 18.8. The van der Waals surface area contributed by atoms with Gasteiger partial charge in [-0.25, -0.2) is 0 Å². The van der Waals surface area contributed by atoms with Crippen molar-refractivity contribution in [2.75, 3.05) is 19.8 Å². The zero-order valence-electron chi connectivity index (χ0n) is 22.1. The molecular weight excluding hydrogens is 403 g/mol. The smallest absolute Gasteiger partial charge is 0.312 e. The molecule has 3 atom stereocenters. The van der Waals surface area contributed by atoms with E-state index in [4.69, 9.17) is 13.6 Å². The van der Waals surface area contributed by atoms with E-state index in [1.807, 2.05) is 0 Å². The van der Waals surface area contributed by atoms with Gasteiger partial charge in [0.25, 0.3) is 0 Å². The van der Waals surface area contributed by atoms with Gasteiger partial charge in [0.2, 0.25) is 0 Å². The first-order chi connectivity index (χ1) is 15.1. The summed E-state index contributed by atoms with van der Waals surface area (Å²) in [5.74, 6) is 1.92. The van der Waals surface area contributed by atoms with E-state index in [1.54, 1.807) is 0 Å². The molecule has 0 N–H and O–H groups in total. The first-order valence-electron chi connectivity index (χ1n) is 13.8. The Kier molecular flexibility index (Phi) is 23.7. The van der Waals surface area contributed by atoms with Gasteiger partial charge in [-0.1, -0.05) is 99.3 Å². The standard InChI is InChI=1S/C27H57O3P/c1-7-13-19-25(16-10-4)22-28-31(29-23-26(17-11-5)20-14-8-2)30-24-27(18-12-6)21-15-9-3/h25-27H,7-24H2,1-6H3. The fraction of sp³-hybridized carbons (Fsp3) is 1.00. The van der Waals surface area contributed by atoms with Crippen LogP contribution in [0.3, 0.4) is 0 Å². The predicted molar refractivity (Wildman–Crippen MR) is 139 cm³/mol. The van der Waals surface area contributed by atoms with E-state index >= 15 is 0 Å². The van der Waals surface area contributed by atoms with Gasteiger partial charge in [0.05, 0.1) is 19.8 Å². The quantitative estimate of drug-likeness (QED) is 0.134. The van der Waals surface area contributed by atoms with Crippen LogP contribution in [-0.2, 0) is 13.6 Å². The molecule has 3 unspecified atom stereocenters. The van der Waals surface area contributed by atoms with E-state index in [2.05, 4.69) is 41.5 Å². The lowest BCUT2D eigenvalue weighted by Crippen LogP contribution is -2.14. The predicted octanol–water partition coefficient (Wildman–Crippen LogP) is 10.1. The maximum atomic E-state index is 6.34. The monoisotopic (exact) mass is 460 g/mol. The van der Waals surface area contributed by atoms with Crippen molar-refractivity contribution in [3.05, 3.63) is 0 Å². The van der Waals surface area contributed by atoms with Crippen molar-refractivity contribution in [1.29, 1.82) is 0 Å². The maximum Gasteiger partial charge on any atom is 0.332 e. The number of rotatable bonds is 24. The third kappa shape index (κ3) is 18.4. The van der Waals surface area contributed by atoms with E-state index in [1.165, 1.54) is 96.3 Å². The Balaban J connectivity index is 4.86. The fourth-order valence-electron chi connectivity index (χ4n) is 4.25. The van der Waals surface area contributed by atoms with Crippen LogP contribution in [0.1, 0.15) is 138 Å². The van der Waals surface area contributed by atoms with Gasteiger partial charge < -0.3 is 13.6 Å². The molecule has 0 aromatic heterocycles. The van der Waals surface area contributed by atoms with Gasteiger partial charge in [0.15, 0.2) is 0 Å². The van der Waals surface area contributed by atoms with Crippen LogP contribution in [0.4, 0.5) is 0 Å². The molecule has 0 rings (SSSR count). The molecule has 0 heterocycles. The maximum absolute atomic E-state index is 6.34. The average molecular weight is 461 g/mol. The summed E-state index contributed by atoms with van der Waals surface area (Å²) in [5.41, 5.74) is 0. The summed E-state index contributed by atoms with van der Waals surface area (Å²) < 4.78 is 19.0. The zero-order chi connectivity index (χ0) is 23.2. The molecule has 0 aliphatic rings. The molecule has 4 heteroatoms. The molecule has 0 fully saturated rings. The van der Waals surface area contributed by atoms with Gasteiger partial charge >= 0.3 is 8.60 Å². The van der Waals surface area contributed by atoms with Gasteiger partial charge in [-0.15, -0.1) is 0 Å². The minimum absolute atomic E-state index is 0.639. The molecule has 0 aliphatic carbocycles. The Labute approximate surface area is 197 Å². The lowest BCUT2D eigenvalue weighted by Gasteiger charge is -2.25. The Bertz CT molecular complexity index is 301. The van der Waals surface area contributed by atoms with E-state index in [-0.39, 0.29) is 0 Å². The number of unbranched alkanes of at least 4 members (excludes halogenated alkanes) is 3. The van der Waals surface area contributed by atoms with Crippen LogP contribution < -0.4 is 0 Å². The minimum atomic E-state index is -1.24. The summed E-state index contributed by atoms with van der Waals surface area (Å²) in [6.45, 7) is 16.0. The van der Waals surface area contributed by atoms with E-state index in [0.29, 0.717) is 17.8 Å². The molecule has 188 valence electrons. The van der Waals surface area contributed by atoms with Crippen LogP contribution in [0.25, 0.3) is 0 Å². The van der Waals surface area contributed by atoms with E-state index < -0.39 is 8.60 Å². The van der Waals surface area contributed by atoms with Crippen LogP contribution in [0.2, 0.25) is 0 Å². The van der Waals surface area contributed by atoms with Crippen molar-refractivity contribution in [2.45, 2.75) is 138 Å². The molecule has 0 aromatic rings. The second-order valence-corrected chi connectivity index (χ2v) is 10.7. The number of hydrogen-bond donors (Lipinski definition) is 0. The summed E-state index contributed by atoms with van der Waals surface area (Å²) >= 11 is 0. The fourth-order valence-corrected chi connectivity index (χ4v) is 5.47. The normalized spacial score (nSPS) is 15.7. The van der Waals surface area contributed by atoms with E-state index in [0.717, 1.165) is 19.8 Å². The highest BCUT2D eigenvalue weighted by Gasteiger charge is 2.21. The Morgan fingerprint density at radius 3 is 0.935 bits per heavy atom. The van der Waals surface area contributed by atoms with Crippen LogP contribution >= 0.6 is 8.60 Å². The SMILES string of the molecule is CCCCC(CCC)COP(OCC(CCC)CCCC)OCC(CCC)CCCC. The summed E-state index contributed by atoms with van der Waals surface area (Å²) in [6, 6.07) is 0. The lowest BCUT2D eigenvalue weighted by molar-refractivity contribution is 0.107. The molecule has 0 saturated carbocycles. The number of hydrogen-bond acceptors (Lipinski definition) is 3. The summed E-state index contributed by atoms with van der Waals surface area (Å²) in [7, 11) is -1.24. The Morgan fingerprint density at radius 2 is 0.710 bits per heavy atom. The topological polar surface area (TPSA) is 27.7 Å². The van der Waals surface area contributed by atoms with Crippen molar-refractivity contribution >= 4 is 8.60 Å². The zero-order valence-corrected chi connectivity index (χ0v) is 23.0. The summed E-state index contributed by atoms with van der Waals surface area (Å²) in [4.78, 5) is 0. The molecule has 3 nitrogen and oxygen atoms in total. The first-order valence-corrected chi connectivity index (χ1v) is 14.9. The van der Waals surface area contributed by atoms with Gasteiger partial charge in [0.1, 0.15) is 0 Å². The Morgan fingerprint density at radius 1 is 0.419 bits per heavy atom. The molecule has 0 aliphatic heterocycles. The molecule has 0 spiro atoms. The molecular formula is C27H57O3P. The third-order valence-electron chi connectivity index (χ3n) is 6.24. The van der Waals surface area contributed by atoms with Crippen LogP contribution in [0, 0.1) is 17.8 Å². The van der Waals surface area contributed by atoms with Crippen molar-refractivity contribution < 1.29 is 13.6 Å². The Hall–Kier alpha value is 0.310. The van der Waals surface area contributed by atoms with E-state index in [9.17, 15) is 0 Å². The van der Waals surface area contributed by atoms with Gasteiger partial charge in [0, 0.05) is 0 Å². The highest BCUT2D eigenvalue weighted by Crippen LogP contribution is 2.43. The molecule has 31 heavy (non-hydrogen) atoms. The van der Waals surface area contributed by atoms with Crippen LogP contribution in [0.15, 0.2) is 0 Å². The van der Waals surface area contributed by atoms with Crippen LogP contribution in [0.5, 0.6) is 0 Å². The van der Waals surface area contributed by atoms with Crippen molar-refractivity contribution in [3.63, 3.8) is 0 Å². The molecule has 0 amide bonds. The van der Waals surface area contributed by atoms with Crippen molar-refractivity contribution in [1.82, 2.24) is 0 Å². The second-order valence-electron chi connectivity index (χ2n) is 9.50. The summed E-state index contributed by atoms with van der Waals surface area (Å²) in [5, 5.41) is 0. The minimum Gasteiger partial charge on any atom is -0.312 e. The van der Waals surface area contributed by atoms with Crippen molar-refractivity contribution in [3.8, 4) is 0 Å². The largest absolute Gasteiger partial charge is 0.332 e. The van der Waals surface area contributed by atoms with Crippen LogP contribution in [-0.4, -0.2) is 19.8 Å². The molecule has 0 bridgehead atoms. The third-order valence-corrected chi connectivity index (χ3v) is 7.32. The second kappa shape index (κ2) is 23.5. The highest BCUT2D eigenvalue weighted by atomic mass is 31.2. The highest BCUT2D eigenvalue weighted by molar-refractivity contribution is 7.41. The average Bonchev–Trinajstić information content (AvgIpc) is 2.78. The molecule has 0 aromatic carbocycles. The van der Waals surface area contributed by atoms with Gasteiger partial charge in [-0.3, -0.25) is 0 Å². The molecule has 0 saturated heterocycles. The lowest BCUT2D eigenvalue weighted by atomic mass is 9.98.